The summed E-state index contributed by atoms with van der Waals surface area (Å²) in [5.74, 6) is -0.376. The maximum atomic E-state index is 11.7. The summed E-state index contributed by atoms with van der Waals surface area (Å²) in [6, 6.07) is 0. The summed E-state index contributed by atoms with van der Waals surface area (Å²) >= 11 is 0. The van der Waals surface area contributed by atoms with E-state index in [9.17, 15) is 9.59 Å². The molecule has 0 radical (unpaired) electrons. The Morgan fingerprint density at radius 2 is 1.67 bits per heavy atom. The highest BCUT2D eigenvalue weighted by molar-refractivity contribution is 5.78. The standard InChI is InChI=1S/C13H26N2O3/c1-7-12(3,4)15-11(17)8-14-13(5,6)9-18-10(2)16/h14H,7-9H2,1-6H3,(H,15,17). The lowest BCUT2D eigenvalue weighted by Gasteiger charge is -2.28. The average Bonchev–Trinajstić information content (AvgIpc) is 2.24. The predicted molar refractivity (Wildman–Crippen MR) is 71.2 cm³/mol. The van der Waals surface area contributed by atoms with Crippen LogP contribution in [0, 0.1) is 0 Å². The minimum atomic E-state index is -0.417. The van der Waals surface area contributed by atoms with Crippen LogP contribution in [0.3, 0.4) is 0 Å². The third kappa shape index (κ3) is 8.06. The number of amides is 1. The minimum Gasteiger partial charge on any atom is -0.464 e. The molecule has 0 fully saturated rings. The predicted octanol–water partition coefficient (Wildman–Crippen LogP) is 1.22. The van der Waals surface area contributed by atoms with E-state index in [0.29, 0.717) is 0 Å². The van der Waals surface area contributed by atoms with Gasteiger partial charge in [0.25, 0.3) is 0 Å². The van der Waals surface area contributed by atoms with Crippen LogP contribution in [0.5, 0.6) is 0 Å². The SMILES string of the molecule is CCC(C)(C)NC(=O)CNC(C)(C)COC(C)=O. The van der Waals surface area contributed by atoms with Crippen LogP contribution in [0.2, 0.25) is 0 Å². The van der Waals surface area contributed by atoms with Crippen LogP contribution in [0.25, 0.3) is 0 Å². The Bertz CT molecular complexity index is 299. The second kappa shape index (κ2) is 6.73. The summed E-state index contributed by atoms with van der Waals surface area (Å²) in [4.78, 5) is 22.4. The lowest BCUT2D eigenvalue weighted by molar-refractivity contribution is -0.142. The van der Waals surface area contributed by atoms with Crippen molar-refractivity contribution in [3.63, 3.8) is 0 Å². The molecule has 0 aliphatic heterocycles. The van der Waals surface area contributed by atoms with Crippen molar-refractivity contribution in [2.45, 2.75) is 59.0 Å². The molecule has 0 aromatic carbocycles. The van der Waals surface area contributed by atoms with E-state index >= 15 is 0 Å². The van der Waals surface area contributed by atoms with Crippen LogP contribution in [0.1, 0.15) is 48.0 Å². The molecule has 0 aromatic rings. The van der Waals surface area contributed by atoms with Gasteiger partial charge in [0.05, 0.1) is 6.54 Å². The van der Waals surface area contributed by atoms with Gasteiger partial charge in [-0.1, -0.05) is 6.92 Å². The number of hydrogen-bond donors (Lipinski definition) is 2. The van der Waals surface area contributed by atoms with Crippen LogP contribution >= 0.6 is 0 Å². The van der Waals surface area contributed by atoms with Gasteiger partial charge in [-0.3, -0.25) is 9.59 Å². The topological polar surface area (TPSA) is 67.4 Å². The van der Waals surface area contributed by atoms with Crippen molar-refractivity contribution >= 4 is 11.9 Å². The van der Waals surface area contributed by atoms with Crippen molar-refractivity contribution in [2.75, 3.05) is 13.2 Å². The molecule has 0 unspecified atom stereocenters. The Morgan fingerprint density at radius 1 is 1.11 bits per heavy atom. The molecule has 2 N–H and O–H groups in total. The van der Waals surface area contributed by atoms with Crippen molar-refractivity contribution < 1.29 is 14.3 Å². The van der Waals surface area contributed by atoms with Gasteiger partial charge in [-0.05, 0) is 34.1 Å². The fraction of sp³-hybridized carbons (Fsp3) is 0.846. The van der Waals surface area contributed by atoms with Crippen molar-refractivity contribution in [1.29, 1.82) is 0 Å². The Balaban J connectivity index is 4.07. The molecular formula is C13H26N2O3. The molecular weight excluding hydrogens is 232 g/mol. The smallest absolute Gasteiger partial charge is 0.302 e. The summed E-state index contributed by atoms with van der Waals surface area (Å²) in [6.45, 7) is 11.6. The quantitative estimate of drug-likeness (QED) is 0.674. The Morgan fingerprint density at radius 3 is 2.11 bits per heavy atom. The van der Waals surface area contributed by atoms with Gasteiger partial charge in [-0.25, -0.2) is 0 Å². The van der Waals surface area contributed by atoms with Crippen molar-refractivity contribution in [2.24, 2.45) is 0 Å². The first-order valence-corrected chi connectivity index (χ1v) is 6.27. The van der Waals surface area contributed by atoms with E-state index < -0.39 is 5.54 Å². The fourth-order valence-electron chi connectivity index (χ4n) is 1.16. The molecule has 5 heteroatoms. The number of nitrogens with one attached hydrogen (secondary N) is 2. The van der Waals surface area contributed by atoms with Gasteiger partial charge in [0, 0.05) is 18.0 Å². The molecule has 0 rings (SSSR count). The van der Waals surface area contributed by atoms with Crippen LogP contribution in [-0.2, 0) is 14.3 Å². The first-order chi connectivity index (χ1) is 8.08. The van der Waals surface area contributed by atoms with E-state index in [2.05, 4.69) is 10.6 Å². The van der Waals surface area contributed by atoms with Crippen molar-refractivity contribution in [1.82, 2.24) is 10.6 Å². The van der Waals surface area contributed by atoms with Crippen LogP contribution < -0.4 is 10.6 Å². The molecule has 0 saturated heterocycles. The summed E-state index contributed by atoms with van der Waals surface area (Å²) in [5, 5.41) is 6.01. The summed E-state index contributed by atoms with van der Waals surface area (Å²) in [6.07, 6.45) is 0.871. The molecule has 0 aromatic heterocycles. The zero-order valence-corrected chi connectivity index (χ0v) is 12.3. The van der Waals surface area contributed by atoms with Gasteiger partial charge >= 0.3 is 5.97 Å². The molecule has 0 saturated carbocycles. The van der Waals surface area contributed by atoms with Gasteiger partial charge < -0.3 is 15.4 Å². The zero-order valence-electron chi connectivity index (χ0n) is 12.3. The van der Waals surface area contributed by atoms with Crippen LogP contribution in [0.15, 0.2) is 0 Å². The maximum Gasteiger partial charge on any atom is 0.302 e. The fourth-order valence-corrected chi connectivity index (χ4v) is 1.16. The van der Waals surface area contributed by atoms with E-state index in [0.717, 1.165) is 6.42 Å². The number of hydrogen-bond acceptors (Lipinski definition) is 4. The number of carbonyl (C=O) groups excluding carboxylic acids is 2. The first kappa shape index (κ1) is 16.9. The number of esters is 1. The molecule has 1 amide bonds. The molecule has 0 spiro atoms. The van der Waals surface area contributed by atoms with E-state index in [1.807, 2.05) is 34.6 Å². The highest BCUT2D eigenvalue weighted by Gasteiger charge is 2.22. The highest BCUT2D eigenvalue weighted by Crippen LogP contribution is 2.07. The number of carbonyl (C=O) groups is 2. The number of rotatable bonds is 7. The lowest BCUT2D eigenvalue weighted by Crippen LogP contribution is -2.52. The molecule has 0 atom stereocenters. The summed E-state index contributed by atoms with van der Waals surface area (Å²) in [7, 11) is 0. The van der Waals surface area contributed by atoms with E-state index in [1.54, 1.807) is 0 Å². The molecule has 106 valence electrons. The normalized spacial score (nSPS) is 12.1. The average molecular weight is 258 g/mol. The molecule has 0 bridgehead atoms. The molecule has 0 heterocycles. The van der Waals surface area contributed by atoms with Gasteiger partial charge in [0.1, 0.15) is 6.61 Å². The largest absolute Gasteiger partial charge is 0.464 e. The monoisotopic (exact) mass is 258 g/mol. The third-order valence-electron chi connectivity index (χ3n) is 2.73. The number of ether oxygens (including phenoxy) is 1. The minimum absolute atomic E-state index is 0.0576. The van der Waals surface area contributed by atoms with Crippen molar-refractivity contribution in [3.8, 4) is 0 Å². The van der Waals surface area contributed by atoms with Gasteiger partial charge in [-0.2, -0.15) is 0 Å². The Hall–Kier alpha value is -1.10. The van der Waals surface area contributed by atoms with Gasteiger partial charge in [-0.15, -0.1) is 0 Å². The molecule has 18 heavy (non-hydrogen) atoms. The second-order valence-corrected chi connectivity index (χ2v) is 5.80. The van der Waals surface area contributed by atoms with E-state index in [1.165, 1.54) is 6.92 Å². The van der Waals surface area contributed by atoms with Crippen molar-refractivity contribution in [3.05, 3.63) is 0 Å². The molecule has 0 aliphatic rings. The summed E-state index contributed by atoms with van der Waals surface area (Å²) in [5.41, 5.74) is -0.613. The highest BCUT2D eigenvalue weighted by atomic mass is 16.5. The third-order valence-corrected chi connectivity index (χ3v) is 2.73. The van der Waals surface area contributed by atoms with E-state index in [-0.39, 0.29) is 30.6 Å². The van der Waals surface area contributed by atoms with E-state index in [4.69, 9.17) is 4.74 Å². The van der Waals surface area contributed by atoms with Gasteiger partial charge in [0.2, 0.25) is 5.91 Å². The summed E-state index contributed by atoms with van der Waals surface area (Å²) < 4.78 is 4.93. The molecule has 0 aliphatic carbocycles. The molecule has 5 nitrogen and oxygen atoms in total. The Kier molecular flexibility index (Phi) is 6.32. The van der Waals surface area contributed by atoms with Crippen LogP contribution in [0.4, 0.5) is 0 Å². The second-order valence-electron chi connectivity index (χ2n) is 5.80. The first-order valence-electron chi connectivity index (χ1n) is 6.27. The lowest BCUT2D eigenvalue weighted by atomic mass is 10.0. The zero-order chi connectivity index (χ0) is 14.4. The Labute approximate surface area is 110 Å². The van der Waals surface area contributed by atoms with Gasteiger partial charge in [0.15, 0.2) is 0 Å². The maximum absolute atomic E-state index is 11.7. The van der Waals surface area contributed by atoms with Crippen LogP contribution in [-0.4, -0.2) is 36.1 Å².